The molecule has 0 radical (unpaired) electrons. The first-order valence-corrected chi connectivity index (χ1v) is 7.35. The van der Waals surface area contributed by atoms with Crippen LogP contribution in [0.4, 0.5) is 11.4 Å². The van der Waals surface area contributed by atoms with Gasteiger partial charge in [-0.1, -0.05) is 6.92 Å². The SMILES string of the molecule is CCCc1nc(C(=O)Nc2ccc3c(c2)CCCN3)n[nH]1. The molecular weight excluding hydrogens is 266 g/mol. The number of aryl methyl sites for hydroxylation is 2. The first-order valence-electron chi connectivity index (χ1n) is 7.35. The van der Waals surface area contributed by atoms with Gasteiger partial charge in [0.15, 0.2) is 0 Å². The van der Waals surface area contributed by atoms with Crippen LogP contribution in [0.2, 0.25) is 0 Å². The number of benzene rings is 1. The molecule has 0 atom stereocenters. The Morgan fingerprint density at radius 1 is 1.43 bits per heavy atom. The number of aromatic amines is 1. The number of nitrogens with one attached hydrogen (secondary N) is 3. The molecule has 2 heterocycles. The topological polar surface area (TPSA) is 82.7 Å². The Labute approximate surface area is 123 Å². The van der Waals surface area contributed by atoms with Crippen LogP contribution in [0.25, 0.3) is 0 Å². The van der Waals surface area contributed by atoms with E-state index in [1.165, 1.54) is 5.56 Å². The normalized spacial score (nSPS) is 13.4. The molecule has 1 aromatic carbocycles. The van der Waals surface area contributed by atoms with E-state index in [9.17, 15) is 4.79 Å². The number of amides is 1. The van der Waals surface area contributed by atoms with Crippen LogP contribution in [0, 0.1) is 0 Å². The lowest BCUT2D eigenvalue weighted by molar-refractivity contribution is 0.101. The van der Waals surface area contributed by atoms with Crippen molar-refractivity contribution >= 4 is 17.3 Å². The van der Waals surface area contributed by atoms with E-state index in [1.54, 1.807) is 0 Å². The monoisotopic (exact) mass is 285 g/mol. The lowest BCUT2D eigenvalue weighted by Crippen LogP contribution is -2.15. The molecule has 6 nitrogen and oxygen atoms in total. The summed E-state index contributed by atoms with van der Waals surface area (Å²) in [5.41, 5.74) is 3.17. The standard InChI is InChI=1S/C15H19N5O/c1-2-4-13-18-14(20-19-13)15(21)17-11-6-7-12-10(9-11)5-3-8-16-12/h6-7,9,16H,2-5,8H2,1H3,(H,17,21)(H,18,19,20). The number of carbonyl (C=O) groups excluding carboxylic acids is 1. The average molecular weight is 285 g/mol. The maximum atomic E-state index is 12.1. The Balaban J connectivity index is 1.71. The first kappa shape index (κ1) is 13.6. The van der Waals surface area contributed by atoms with Crippen LogP contribution in [-0.4, -0.2) is 27.6 Å². The van der Waals surface area contributed by atoms with Crippen LogP contribution >= 0.6 is 0 Å². The maximum absolute atomic E-state index is 12.1. The Hall–Kier alpha value is -2.37. The van der Waals surface area contributed by atoms with E-state index in [0.717, 1.165) is 49.4 Å². The molecule has 0 fully saturated rings. The van der Waals surface area contributed by atoms with Gasteiger partial charge in [-0.05, 0) is 43.0 Å². The fourth-order valence-electron chi connectivity index (χ4n) is 2.49. The summed E-state index contributed by atoms with van der Waals surface area (Å²) in [6, 6.07) is 5.91. The molecule has 1 aromatic heterocycles. The number of hydrogen-bond acceptors (Lipinski definition) is 4. The van der Waals surface area contributed by atoms with Crippen molar-refractivity contribution in [2.45, 2.75) is 32.6 Å². The van der Waals surface area contributed by atoms with Crippen molar-refractivity contribution in [3.8, 4) is 0 Å². The van der Waals surface area contributed by atoms with Crippen LogP contribution in [0.3, 0.4) is 0 Å². The van der Waals surface area contributed by atoms with Crippen molar-refractivity contribution in [1.29, 1.82) is 0 Å². The minimum Gasteiger partial charge on any atom is -0.385 e. The molecule has 6 heteroatoms. The first-order chi connectivity index (χ1) is 10.3. The number of anilines is 2. The van der Waals surface area contributed by atoms with Gasteiger partial charge in [-0.15, -0.1) is 5.10 Å². The average Bonchev–Trinajstić information content (AvgIpc) is 2.96. The highest BCUT2D eigenvalue weighted by Crippen LogP contribution is 2.25. The fraction of sp³-hybridized carbons (Fsp3) is 0.400. The highest BCUT2D eigenvalue weighted by Gasteiger charge is 2.14. The number of nitrogens with zero attached hydrogens (tertiary/aromatic N) is 2. The molecule has 3 rings (SSSR count). The molecule has 0 aliphatic carbocycles. The zero-order chi connectivity index (χ0) is 14.7. The number of hydrogen-bond donors (Lipinski definition) is 3. The van der Waals surface area contributed by atoms with Gasteiger partial charge in [0.2, 0.25) is 5.82 Å². The van der Waals surface area contributed by atoms with Gasteiger partial charge in [-0.3, -0.25) is 9.89 Å². The largest absolute Gasteiger partial charge is 0.385 e. The second-order valence-corrected chi connectivity index (χ2v) is 5.21. The van der Waals surface area contributed by atoms with E-state index in [4.69, 9.17) is 0 Å². The second-order valence-electron chi connectivity index (χ2n) is 5.21. The predicted molar refractivity (Wildman–Crippen MR) is 81.6 cm³/mol. The third kappa shape index (κ3) is 3.04. The molecule has 110 valence electrons. The van der Waals surface area contributed by atoms with Crippen molar-refractivity contribution in [3.63, 3.8) is 0 Å². The summed E-state index contributed by atoms with van der Waals surface area (Å²) in [7, 11) is 0. The number of carbonyl (C=O) groups is 1. The van der Waals surface area contributed by atoms with E-state index in [1.807, 2.05) is 18.2 Å². The van der Waals surface area contributed by atoms with Gasteiger partial charge in [0, 0.05) is 24.3 Å². The third-order valence-corrected chi connectivity index (χ3v) is 3.52. The highest BCUT2D eigenvalue weighted by atomic mass is 16.2. The van der Waals surface area contributed by atoms with Crippen molar-refractivity contribution in [1.82, 2.24) is 15.2 Å². The molecule has 0 unspecified atom stereocenters. The number of rotatable bonds is 4. The van der Waals surface area contributed by atoms with E-state index >= 15 is 0 Å². The fourth-order valence-corrected chi connectivity index (χ4v) is 2.49. The van der Waals surface area contributed by atoms with Crippen LogP contribution in [0.15, 0.2) is 18.2 Å². The molecule has 0 saturated heterocycles. The molecule has 2 aromatic rings. The van der Waals surface area contributed by atoms with Crippen LogP contribution in [-0.2, 0) is 12.8 Å². The number of aromatic nitrogens is 3. The molecular formula is C15H19N5O. The van der Waals surface area contributed by atoms with Crippen molar-refractivity contribution in [2.24, 2.45) is 0 Å². The van der Waals surface area contributed by atoms with Gasteiger partial charge in [0.1, 0.15) is 5.82 Å². The van der Waals surface area contributed by atoms with Gasteiger partial charge >= 0.3 is 0 Å². The minimum absolute atomic E-state index is 0.189. The smallest absolute Gasteiger partial charge is 0.295 e. The van der Waals surface area contributed by atoms with E-state index in [2.05, 4.69) is 32.7 Å². The molecule has 21 heavy (non-hydrogen) atoms. The molecule has 1 aliphatic rings. The summed E-state index contributed by atoms with van der Waals surface area (Å²) in [5.74, 6) is 0.656. The molecule has 0 bridgehead atoms. The number of fused-ring (bicyclic) bond motifs is 1. The third-order valence-electron chi connectivity index (χ3n) is 3.52. The molecule has 0 spiro atoms. The summed E-state index contributed by atoms with van der Waals surface area (Å²) in [5, 5.41) is 13.0. The van der Waals surface area contributed by atoms with E-state index < -0.39 is 0 Å². The van der Waals surface area contributed by atoms with Crippen molar-refractivity contribution in [2.75, 3.05) is 17.2 Å². The van der Waals surface area contributed by atoms with Crippen LogP contribution < -0.4 is 10.6 Å². The maximum Gasteiger partial charge on any atom is 0.295 e. The Morgan fingerprint density at radius 2 is 2.33 bits per heavy atom. The lowest BCUT2D eigenvalue weighted by atomic mass is 10.0. The van der Waals surface area contributed by atoms with Crippen molar-refractivity contribution < 1.29 is 4.79 Å². The van der Waals surface area contributed by atoms with Crippen LogP contribution in [0.5, 0.6) is 0 Å². The molecule has 1 aliphatic heterocycles. The lowest BCUT2D eigenvalue weighted by Gasteiger charge is -2.18. The molecule has 0 saturated carbocycles. The van der Waals surface area contributed by atoms with E-state index in [0.29, 0.717) is 0 Å². The summed E-state index contributed by atoms with van der Waals surface area (Å²) >= 11 is 0. The summed E-state index contributed by atoms with van der Waals surface area (Å²) < 4.78 is 0. The summed E-state index contributed by atoms with van der Waals surface area (Å²) in [6.07, 6.45) is 3.91. The quantitative estimate of drug-likeness (QED) is 0.805. The van der Waals surface area contributed by atoms with Gasteiger partial charge < -0.3 is 10.6 Å². The zero-order valence-electron chi connectivity index (χ0n) is 12.1. The Kier molecular flexibility index (Phi) is 3.85. The zero-order valence-corrected chi connectivity index (χ0v) is 12.1. The Morgan fingerprint density at radius 3 is 3.19 bits per heavy atom. The van der Waals surface area contributed by atoms with E-state index in [-0.39, 0.29) is 11.7 Å². The summed E-state index contributed by atoms with van der Waals surface area (Å²) in [6.45, 7) is 3.07. The van der Waals surface area contributed by atoms with Gasteiger partial charge in [-0.2, -0.15) is 0 Å². The minimum atomic E-state index is -0.280. The van der Waals surface area contributed by atoms with Gasteiger partial charge in [0.05, 0.1) is 0 Å². The highest BCUT2D eigenvalue weighted by molar-refractivity contribution is 6.01. The van der Waals surface area contributed by atoms with Gasteiger partial charge in [0.25, 0.3) is 5.91 Å². The molecule has 1 amide bonds. The van der Waals surface area contributed by atoms with Crippen LogP contribution in [0.1, 0.15) is 41.8 Å². The summed E-state index contributed by atoms with van der Waals surface area (Å²) in [4.78, 5) is 16.3. The van der Waals surface area contributed by atoms with Crippen molar-refractivity contribution in [3.05, 3.63) is 35.4 Å². The predicted octanol–water partition coefficient (Wildman–Crippen LogP) is 2.37. The molecule has 3 N–H and O–H groups in total. The Bertz CT molecular complexity index is 649. The second kappa shape index (κ2) is 5.95. The number of H-pyrrole nitrogens is 1. The van der Waals surface area contributed by atoms with Gasteiger partial charge in [-0.25, -0.2) is 4.98 Å².